The van der Waals surface area contributed by atoms with E-state index >= 15 is 0 Å². The lowest BCUT2D eigenvalue weighted by molar-refractivity contribution is -0.109. The second kappa shape index (κ2) is 5.25. The number of halogens is 1. The van der Waals surface area contributed by atoms with Crippen LogP contribution in [-0.4, -0.2) is 42.5 Å². The molecule has 0 bridgehead atoms. The first-order chi connectivity index (χ1) is 9.12. The van der Waals surface area contributed by atoms with Crippen molar-refractivity contribution >= 4 is 31.8 Å². The molecule has 1 atom stereocenters. The van der Waals surface area contributed by atoms with Gasteiger partial charge in [0.1, 0.15) is 10.7 Å². The number of anilines is 1. The van der Waals surface area contributed by atoms with E-state index in [1.165, 1.54) is 16.6 Å². The van der Waals surface area contributed by atoms with Crippen LogP contribution in [0.5, 0.6) is 0 Å². The van der Waals surface area contributed by atoms with Gasteiger partial charge >= 0.3 is 0 Å². The van der Waals surface area contributed by atoms with Crippen LogP contribution in [0.4, 0.5) is 5.82 Å². The quantitative estimate of drug-likeness (QED) is 0.862. The third kappa shape index (κ3) is 3.13. The number of rotatable bonds is 2. The molecule has 8 heteroatoms. The van der Waals surface area contributed by atoms with Crippen molar-refractivity contribution in [3.8, 4) is 0 Å². The van der Waals surface area contributed by atoms with Crippen molar-refractivity contribution in [2.24, 2.45) is 0 Å². The largest absolute Gasteiger partial charge is 0.383 e. The van der Waals surface area contributed by atoms with E-state index in [4.69, 9.17) is 10.5 Å². The molecule has 112 valence electrons. The minimum atomic E-state index is -3.68. The van der Waals surface area contributed by atoms with Crippen LogP contribution < -0.4 is 5.73 Å². The van der Waals surface area contributed by atoms with E-state index in [2.05, 4.69) is 20.9 Å². The molecule has 0 saturated carbocycles. The first-order valence-electron chi connectivity index (χ1n) is 6.21. The molecule has 6 nitrogen and oxygen atoms in total. The van der Waals surface area contributed by atoms with Crippen molar-refractivity contribution in [3.05, 3.63) is 16.7 Å². The Kier molecular flexibility index (Phi) is 4.12. The summed E-state index contributed by atoms with van der Waals surface area (Å²) >= 11 is 3.22. The molecule has 0 radical (unpaired) electrons. The van der Waals surface area contributed by atoms with Crippen molar-refractivity contribution < 1.29 is 13.2 Å². The smallest absolute Gasteiger partial charge is 0.246 e. The van der Waals surface area contributed by atoms with E-state index in [1.54, 1.807) is 0 Å². The Morgan fingerprint density at radius 2 is 2.20 bits per heavy atom. The van der Waals surface area contributed by atoms with E-state index in [-0.39, 0.29) is 23.4 Å². The van der Waals surface area contributed by atoms with Crippen molar-refractivity contribution in [3.63, 3.8) is 0 Å². The topological polar surface area (TPSA) is 85.5 Å². The Labute approximate surface area is 127 Å². The van der Waals surface area contributed by atoms with E-state index in [9.17, 15) is 8.42 Å². The highest BCUT2D eigenvalue weighted by molar-refractivity contribution is 9.10. The third-order valence-corrected chi connectivity index (χ3v) is 5.28. The van der Waals surface area contributed by atoms with Crippen LogP contribution in [0, 0.1) is 0 Å². The Hall–Kier alpha value is -0.700. The van der Waals surface area contributed by atoms with Gasteiger partial charge in [0.15, 0.2) is 0 Å². The van der Waals surface area contributed by atoms with E-state index < -0.39 is 15.6 Å². The van der Waals surface area contributed by atoms with Gasteiger partial charge in [0.25, 0.3) is 0 Å². The summed E-state index contributed by atoms with van der Waals surface area (Å²) in [5.74, 6) is 0.00477. The summed E-state index contributed by atoms with van der Waals surface area (Å²) in [5.41, 5.74) is 5.19. The molecule has 0 amide bonds. The fraction of sp³-hybridized carbons (Fsp3) is 0.583. The predicted octanol–water partition coefficient (Wildman–Crippen LogP) is 1.61. The van der Waals surface area contributed by atoms with Gasteiger partial charge in [-0.2, -0.15) is 4.31 Å². The molecular formula is C12H18BrN3O3S. The van der Waals surface area contributed by atoms with Gasteiger partial charge in [-0.25, -0.2) is 13.4 Å². The van der Waals surface area contributed by atoms with Crippen LogP contribution in [0.3, 0.4) is 0 Å². The highest BCUT2D eigenvalue weighted by Crippen LogP contribution is 2.29. The molecule has 2 heterocycles. The lowest BCUT2D eigenvalue weighted by Gasteiger charge is -2.40. The van der Waals surface area contributed by atoms with Gasteiger partial charge < -0.3 is 10.5 Å². The van der Waals surface area contributed by atoms with Crippen molar-refractivity contribution in [1.82, 2.24) is 9.29 Å². The van der Waals surface area contributed by atoms with Gasteiger partial charge in [0.2, 0.25) is 10.0 Å². The lowest BCUT2D eigenvalue weighted by Crippen LogP contribution is -2.53. The Balaban J connectivity index is 2.42. The molecule has 1 saturated heterocycles. The summed E-state index contributed by atoms with van der Waals surface area (Å²) in [6.45, 7) is 6.18. The molecule has 2 N–H and O–H groups in total. The molecule has 0 aromatic carbocycles. The zero-order chi connectivity index (χ0) is 15.1. The molecule has 20 heavy (non-hydrogen) atoms. The van der Waals surface area contributed by atoms with E-state index in [0.29, 0.717) is 11.0 Å². The Morgan fingerprint density at radius 3 is 2.80 bits per heavy atom. The fourth-order valence-electron chi connectivity index (χ4n) is 2.36. The highest BCUT2D eigenvalue weighted by Gasteiger charge is 2.38. The van der Waals surface area contributed by atoms with Gasteiger partial charge in [0.05, 0.1) is 11.7 Å². The number of ether oxygens (including phenoxy) is 1. The van der Waals surface area contributed by atoms with Crippen molar-refractivity contribution in [2.75, 3.05) is 18.8 Å². The van der Waals surface area contributed by atoms with Crippen LogP contribution in [0.1, 0.15) is 20.8 Å². The summed E-state index contributed by atoms with van der Waals surface area (Å²) in [4.78, 5) is 3.91. The lowest BCUT2D eigenvalue weighted by atomic mass is 10.1. The molecular weight excluding hydrogens is 346 g/mol. The van der Waals surface area contributed by atoms with E-state index in [1.807, 2.05) is 20.8 Å². The number of nitrogens with two attached hydrogens (primary N) is 1. The monoisotopic (exact) mass is 363 g/mol. The van der Waals surface area contributed by atoms with Gasteiger partial charge in [-0.15, -0.1) is 0 Å². The summed E-state index contributed by atoms with van der Waals surface area (Å²) in [5, 5.41) is 0. The van der Waals surface area contributed by atoms with Crippen molar-refractivity contribution in [2.45, 2.75) is 37.4 Å². The van der Waals surface area contributed by atoms with Crippen LogP contribution in [0.15, 0.2) is 21.6 Å². The third-order valence-electron chi connectivity index (χ3n) is 3.00. The van der Waals surface area contributed by atoms with Crippen LogP contribution in [0.25, 0.3) is 0 Å². The van der Waals surface area contributed by atoms with Gasteiger partial charge in [-0.1, -0.05) is 0 Å². The summed E-state index contributed by atoms with van der Waals surface area (Å²) < 4.78 is 33.2. The van der Waals surface area contributed by atoms with Gasteiger partial charge in [-0.05, 0) is 42.8 Å². The average Bonchev–Trinajstić information content (AvgIpc) is 2.29. The first-order valence-corrected chi connectivity index (χ1v) is 8.44. The molecule has 1 fully saturated rings. The fourth-order valence-corrected chi connectivity index (χ4v) is 4.60. The molecule has 1 unspecified atom stereocenters. The second-order valence-electron chi connectivity index (χ2n) is 5.52. The highest BCUT2D eigenvalue weighted by atomic mass is 79.9. The maximum Gasteiger partial charge on any atom is 0.246 e. The molecule has 1 aromatic rings. The Bertz CT molecular complexity index is 618. The minimum absolute atomic E-state index is 0.00477. The summed E-state index contributed by atoms with van der Waals surface area (Å²) in [6, 6.07) is 1.48. The molecule has 0 spiro atoms. The number of nitrogens with zero attached hydrogens (tertiary/aromatic N) is 2. The zero-order valence-electron chi connectivity index (χ0n) is 11.6. The number of hydrogen-bond donors (Lipinski definition) is 1. The number of hydrogen-bond acceptors (Lipinski definition) is 5. The zero-order valence-corrected chi connectivity index (χ0v) is 14.0. The number of morpholine rings is 1. The molecule has 0 aliphatic carbocycles. The summed E-state index contributed by atoms with van der Waals surface area (Å²) in [7, 11) is -3.68. The van der Waals surface area contributed by atoms with E-state index in [0.717, 1.165) is 0 Å². The van der Waals surface area contributed by atoms with Gasteiger partial charge in [-0.3, -0.25) is 0 Å². The summed E-state index contributed by atoms with van der Waals surface area (Å²) in [6.07, 6.45) is 1.30. The van der Waals surface area contributed by atoms with Crippen LogP contribution >= 0.6 is 15.9 Å². The van der Waals surface area contributed by atoms with Crippen LogP contribution in [0.2, 0.25) is 0 Å². The first kappa shape index (κ1) is 15.7. The minimum Gasteiger partial charge on any atom is -0.383 e. The van der Waals surface area contributed by atoms with Crippen molar-refractivity contribution in [1.29, 1.82) is 0 Å². The Morgan fingerprint density at radius 1 is 1.55 bits per heavy atom. The molecule has 1 aliphatic rings. The standard InChI is InChI=1S/C12H18BrN3O3S/c1-8-6-16(7-12(2,3)19-8)20(17,18)10-4-9(13)5-15-11(10)14/h4-5,8H,6-7H2,1-3H3,(H2,14,15). The predicted molar refractivity (Wildman–Crippen MR) is 79.7 cm³/mol. The molecule has 2 rings (SSSR count). The molecule has 1 aliphatic heterocycles. The maximum absolute atomic E-state index is 12.7. The molecule has 1 aromatic heterocycles. The number of aromatic nitrogens is 1. The SMILES string of the molecule is CC1CN(S(=O)(=O)c2cc(Br)cnc2N)CC(C)(C)O1. The number of pyridine rings is 1. The van der Waals surface area contributed by atoms with Gasteiger partial charge in [0, 0.05) is 23.8 Å². The number of sulfonamides is 1. The van der Waals surface area contributed by atoms with Crippen LogP contribution in [-0.2, 0) is 14.8 Å². The normalized spacial score (nSPS) is 23.7. The second-order valence-corrected chi connectivity index (χ2v) is 8.34. The average molecular weight is 364 g/mol. The maximum atomic E-state index is 12.7. The number of nitrogen functional groups attached to an aromatic ring is 1.